The third-order valence-corrected chi connectivity index (χ3v) is 4.98. The molecule has 0 spiro atoms. The summed E-state index contributed by atoms with van der Waals surface area (Å²) in [4.78, 5) is 22.9. The van der Waals surface area contributed by atoms with Gasteiger partial charge in [0.2, 0.25) is 0 Å². The molecule has 1 saturated heterocycles. The molecule has 1 heterocycles. The number of hydrogen-bond donors (Lipinski definition) is 0. The Labute approximate surface area is 135 Å². The van der Waals surface area contributed by atoms with Crippen LogP contribution >= 0.6 is 0 Å². The Balaban J connectivity index is 2.60. The predicted octanol–water partition coefficient (Wildman–Crippen LogP) is 4.66. The Morgan fingerprint density at radius 1 is 1.36 bits per heavy atom. The molecule has 0 bridgehead atoms. The molecule has 0 aromatic rings. The fourth-order valence-corrected chi connectivity index (χ4v) is 3.50. The van der Waals surface area contributed by atoms with E-state index >= 15 is 0 Å². The minimum absolute atomic E-state index is 0.179. The van der Waals surface area contributed by atoms with Gasteiger partial charge in [-0.2, -0.15) is 0 Å². The van der Waals surface area contributed by atoms with Gasteiger partial charge < -0.3 is 4.74 Å². The molecule has 0 amide bonds. The molecule has 0 aromatic carbocycles. The van der Waals surface area contributed by atoms with Crippen LogP contribution in [0.25, 0.3) is 0 Å². The summed E-state index contributed by atoms with van der Waals surface area (Å²) in [5.74, 6) is 0.801. The van der Waals surface area contributed by atoms with Gasteiger partial charge in [0.15, 0.2) is 0 Å². The molecular formula is C18H34O4. The van der Waals surface area contributed by atoms with E-state index in [0.717, 1.165) is 19.3 Å². The maximum atomic E-state index is 11.5. The summed E-state index contributed by atoms with van der Waals surface area (Å²) >= 11 is 0. The Morgan fingerprint density at radius 3 is 2.64 bits per heavy atom. The van der Waals surface area contributed by atoms with Gasteiger partial charge in [0.05, 0.1) is 13.5 Å². The number of hydrogen-bond acceptors (Lipinski definition) is 4. The normalized spacial score (nSPS) is 30.0. The van der Waals surface area contributed by atoms with Gasteiger partial charge >= 0.3 is 5.97 Å². The average Bonchev–Trinajstić information content (AvgIpc) is 2.53. The highest BCUT2D eigenvalue weighted by Gasteiger charge is 2.41. The van der Waals surface area contributed by atoms with Crippen LogP contribution in [0.3, 0.4) is 0 Å². The Morgan fingerprint density at radius 2 is 2.09 bits per heavy atom. The highest BCUT2D eigenvalue weighted by Crippen LogP contribution is 2.39. The molecular weight excluding hydrogens is 280 g/mol. The van der Waals surface area contributed by atoms with E-state index in [9.17, 15) is 4.79 Å². The standard InChI is InChI=1S/C18H34O4/c1-6-9-10-14(7-2)12-18(4)13-15(8-3)16(21-22-18)11-17(19)20-5/h14-16H,6-13H2,1-5H3/t14-,15+,16+,18-/m0/s1. The summed E-state index contributed by atoms with van der Waals surface area (Å²) in [6.07, 6.45) is 8.03. The summed E-state index contributed by atoms with van der Waals surface area (Å²) < 4.78 is 4.75. The second-order valence-electron chi connectivity index (χ2n) is 6.94. The van der Waals surface area contributed by atoms with Crippen LogP contribution < -0.4 is 0 Å². The van der Waals surface area contributed by atoms with Crippen molar-refractivity contribution in [2.45, 2.75) is 90.8 Å². The van der Waals surface area contributed by atoms with Gasteiger partial charge in [-0.1, -0.05) is 52.9 Å². The molecule has 22 heavy (non-hydrogen) atoms. The molecule has 0 unspecified atom stereocenters. The van der Waals surface area contributed by atoms with E-state index in [1.165, 1.54) is 32.8 Å². The molecule has 4 nitrogen and oxygen atoms in total. The summed E-state index contributed by atoms with van der Waals surface area (Å²) in [5.41, 5.74) is -0.234. The SMILES string of the molecule is CCCC[C@H](CC)C[C@@]1(C)C[C@@H](CC)[C@@H](CC(=O)OC)OO1. The highest BCUT2D eigenvalue weighted by molar-refractivity contribution is 5.69. The molecule has 0 radical (unpaired) electrons. The molecule has 1 fully saturated rings. The summed E-state index contributed by atoms with van der Waals surface area (Å²) in [5, 5.41) is 0. The quantitative estimate of drug-likeness (QED) is 0.458. The predicted molar refractivity (Wildman–Crippen MR) is 87.3 cm³/mol. The van der Waals surface area contributed by atoms with Crippen molar-refractivity contribution in [3.05, 3.63) is 0 Å². The summed E-state index contributed by atoms with van der Waals surface area (Å²) in [6, 6.07) is 0. The van der Waals surface area contributed by atoms with Crippen LogP contribution in [0.5, 0.6) is 0 Å². The number of carbonyl (C=O) groups is 1. The average molecular weight is 314 g/mol. The van der Waals surface area contributed by atoms with E-state index in [1.807, 2.05) is 0 Å². The van der Waals surface area contributed by atoms with E-state index in [1.54, 1.807) is 0 Å². The molecule has 1 aliphatic heterocycles. The number of methoxy groups -OCH3 is 1. The largest absolute Gasteiger partial charge is 0.469 e. The zero-order valence-electron chi connectivity index (χ0n) is 15.0. The first-order chi connectivity index (χ1) is 10.5. The Hall–Kier alpha value is -0.610. The molecule has 0 aromatic heterocycles. The number of rotatable bonds is 9. The van der Waals surface area contributed by atoms with Gasteiger partial charge in [-0.3, -0.25) is 4.79 Å². The maximum absolute atomic E-state index is 11.5. The van der Waals surface area contributed by atoms with Crippen molar-refractivity contribution >= 4 is 5.97 Å². The molecule has 1 aliphatic rings. The minimum atomic E-state index is -0.234. The molecule has 0 N–H and O–H groups in total. The van der Waals surface area contributed by atoms with Crippen LogP contribution in [0, 0.1) is 11.8 Å². The monoisotopic (exact) mass is 314 g/mol. The zero-order chi connectivity index (χ0) is 16.6. The number of esters is 1. The molecule has 4 heteroatoms. The van der Waals surface area contributed by atoms with Crippen molar-refractivity contribution in [1.29, 1.82) is 0 Å². The molecule has 0 saturated carbocycles. The molecule has 1 rings (SSSR count). The van der Waals surface area contributed by atoms with Crippen LogP contribution in [0.1, 0.15) is 79.1 Å². The van der Waals surface area contributed by atoms with Crippen LogP contribution in [0.2, 0.25) is 0 Å². The van der Waals surface area contributed by atoms with Crippen molar-refractivity contribution in [3.8, 4) is 0 Å². The fourth-order valence-electron chi connectivity index (χ4n) is 3.50. The molecule has 130 valence electrons. The lowest BCUT2D eigenvalue weighted by molar-refractivity contribution is -0.419. The lowest BCUT2D eigenvalue weighted by Crippen LogP contribution is -2.45. The number of carbonyl (C=O) groups excluding carboxylic acids is 1. The van der Waals surface area contributed by atoms with Crippen molar-refractivity contribution in [2.75, 3.05) is 7.11 Å². The van der Waals surface area contributed by atoms with Gasteiger partial charge in [0.1, 0.15) is 11.7 Å². The van der Waals surface area contributed by atoms with Gasteiger partial charge in [-0.25, -0.2) is 9.78 Å². The van der Waals surface area contributed by atoms with Crippen LogP contribution in [-0.4, -0.2) is 24.8 Å². The third-order valence-electron chi connectivity index (χ3n) is 4.98. The maximum Gasteiger partial charge on any atom is 0.308 e. The summed E-state index contributed by atoms with van der Waals surface area (Å²) in [6.45, 7) is 8.79. The highest BCUT2D eigenvalue weighted by atomic mass is 17.2. The van der Waals surface area contributed by atoms with Crippen molar-refractivity contribution in [1.82, 2.24) is 0 Å². The van der Waals surface area contributed by atoms with Crippen molar-refractivity contribution in [3.63, 3.8) is 0 Å². The second kappa shape index (κ2) is 9.51. The first kappa shape index (κ1) is 19.4. The van der Waals surface area contributed by atoms with Gasteiger partial charge in [0.25, 0.3) is 0 Å². The van der Waals surface area contributed by atoms with Crippen LogP contribution in [0.15, 0.2) is 0 Å². The van der Waals surface area contributed by atoms with E-state index in [4.69, 9.17) is 14.5 Å². The number of ether oxygens (including phenoxy) is 1. The van der Waals surface area contributed by atoms with Crippen LogP contribution in [-0.2, 0) is 19.3 Å². The van der Waals surface area contributed by atoms with Gasteiger partial charge in [-0.15, -0.1) is 0 Å². The smallest absolute Gasteiger partial charge is 0.308 e. The topological polar surface area (TPSA) is 44.8 Å². The zero-order valence-corrected chi connectivity index (χ0v) is 15.0. The van der Waals surface area contributed by atoms with Crippen molar-refractivity contribution < 1.29 is 19.3 Å². The first-order valence-corrected chi connectivity index (χ1v) is 8.89. The van der Waals surface area contributed by atoms with Crippen molar-refractivity contribution in [2.24, 2.45) is 11.8 Å². The van der Waals surface area contributed by atoms with Gasteiger partial charge in [-0.05, 0) is 31.6 Å². The fraction of sp³-hybridized carbons (Fsp3) is 0.944. The first-order valence-electron chi connectivity index (χ1n) is 8.89. The van der Waals surface area contributed by atoms with E-state index in [2.05, 4.69) is 27.7 Å². The minimum Gasteiger partial charge on any atom is -0.469 e. The Bertz CT molecular complexity index is 331. The molecule has 0 aliphatic carbocycles. The van der Waals surface area contributed by atoms with E-state index in [0.29, 0.717) is 11.8 Å². The Kier molecular flexibility index (Phi) is 8.40. The number of unbranched alkanes of at least 4 members (excludes halogenated alkanes) is 1. The summed E-state index contributed by atoms with van der Waals surface area (Å²) in [7, 11) is 1.41. The second-order valence-corrected chi connectivity index (χ2v) is 6.94. The lowest BCUT2D eigenvalue weighted by Gasteiger charge is -2.42. The lowest BCUT2D eigenvalue weighted by atomic mass is 9.78. The molecule has 4 atom stereocenters. The third kappa shape index (κ3) is 5.88. The van der Waals surface area contributed by atoms with Crippen LogP contribution in [0.4, 0.5) is 0 Å². The van der Waals surface area contributed by atoms with E-state index in [-0.39, 0.29) is 24.1 Å². The van der Waals surface area contributed by atoms with E-state index < -0.39 is 0 Å². The van der Waals surface area contributed by atoms with Gasteiger partial charge in [0, 0.05) is 0 Å².